The van der Waals surface area contributed by atoms with Gasteiger partial charge in [0.15, 0.2) is 9.84 Å². The van der Waals surface area contributed by atoms with Gasteiger partial charge in [0, 0.05) is 32.7 Å². The fraction of sp³-hybridized carbons (Fsp3) is 0.711. The Hall–Kier alpha value is -2.22. The summed E-state index contributed by atoms with van der Waals surface area (Å²) in [6, 6.07) is 7.60. The Morgan fingerprint density at radius 3 is 2.31 bits per heavy atom. The van der Waals surface area contributed by atoms with Crippen LogP contribution in [0.25, 0.3) is 5.57 Å². The zero-order valence-corrected chi connectivity index (χ0v) is 33.8. The normalized spacial score (nSPS) is 41.0. The number of carbonyl (C=O) groups is 1. The van der Waals surface area contributed by atoms with Crippen molar-refractivity contribution in [3.63, 3.8) is 0 Å². The third-order valence-electron chi connectivity index (χ3n) is 17.0. The maximum absolute atomic E-state index is 11.8. The molecule has 1 saturated heterocycles. The first-order chi connectivity index (χ1) is 24.5. The van der Waals surface area contributed by atoms with Crippen LogP contribution in [-0.4, -0.2) is 68.6 Å². The molecule has 1 heterocycles. The molecule has 9 unspecified atom stereocenters. The van der Waals surface area contributed by atoms with Crippen LogP contribution in [0, 0.1) is 56.7 Å². The lowest BCUT2D eigenvalue weighted by molar-refractivity contribution is -0.225. The molecule has 1 aliphatic heterocycles. The van der Waals surface area contributed by atoms with Gasteiger partial charge in [0.25, 0.3) is 0 Å². The van der Waals surface area contributed by atoms with Crippen LogP contribution < -0.4 is 5.32 Å². The quantitative estimate of drug-likeness (QED) is 0.195. The zero-order chi connectivity index (χ0) is 37.3. The average Bonchev–Trinajstić information content (AvgIpc) is 3.47. The maximum Gasteiger partial charge on any atom is 0.335 e. The fourth-order valence-electron chi connectivity index (χ4n) is 14.1. The molecule has 1 aromatic rings. The van der Waals surface area contributed by atoms with Gasteiger partial charge in [-0.15, -0.1) is 0 Å². The average molecular weight is 731 g/mol. The fourth-order valence-corrected chi connectivity index (χ4v) is 15.4. The molecule has 0 amide bonds. The zero-order valence-electron chi connectivity index (χ0n) is 33.0. The second kappa shape index (κ2) is 13.5. The van der Waals surface area contributed by atoms with Crippen LogP contribution in [-0.2, 0) is 9.84 Å². The molecule has 7 heteroatoms. The van der Waals surface area contributed by atoms with Crippen molar-refractivity contribution in [1.29, 1.82) is 0 Å². The van der Waals surface area contributed by atoms with Gasteiger partial charge in [0.05, 0.1) is 17.1 Å². The molecule has 9 atom stereocenters. The Bertz CT molecular complexity index is 1710. The van der Waals surface area contributed by atoms with Crippen molar-refractivity contribution >= 4 is 21.4 Å². The van der Waals surface area contributed by atoms with E-state index in [4.69, 9.17) is 0 Å². The summed E-state index contributed by atoms with van der Waals surface area (Å²) in [5.41, 5.74) is 5.51. The number of nitrogens with one attached hydrogen (secondary N) is 1. The number of sulfone groups is 1. The molecule has 6 aliphatic rings. The number of allylic oxidation sites excluding steroid dienone is 3. The van der Waals surface area contributed by atoms with Crippen LogP contribution in [0.3, 0.4) is 0 Å². The summed E-state index contributed by atoms with van der Waals surface area (Å²) in [5.74, 6) is 2.99. The summed E-state index contributed by atoms with van der Waals surface area (Å²) < 4.78 is 23.6. The van der Waals surface area contributed by atoms with Crippen LogP contribution in [0.1, 0.15) is 115 Å². The predicted molar refractivity (Wildman–Crippen MR) is 213 cm³/mol. The molecular weight excluding hydrogens is 665 g/mol. The Balaban J connectivity index is 1.09. The van der Waals surface area contributed by atoms with Crippen molar-refractivity contribution in [3.8, 4) is 0 Å². The number of carboxylic acid groups (broad SMARTS) is 1. The van der Waals surface area contributed by atoms with Crippen molar-refractivity contribution in [2.75, 3.05) is 44.2 Å². The monoisotopic (exact) mass is 730 g/mol. The van der Waals surface area contributed by atoms with Crippen molar-refractivity contribution in [2.24, 2.45) is 56.7 Å². The molecule has 0 spiro atoms. The van der Waals surface area contributed by atoms with E-state index in [9.17, 15) is 18.3 Å². The second-order valence-electron chi connectivity index (χ2n) is 19.5. The summed E-state index contributed by atoms with van der Waals surface area (Å²) >= 11 is 0. The number of benzene rings is 1. The van der Waals surface area contributed by atoms with E-state index in [-0.39, 0.29) is 22.3 Å². The minimum Gasteiger partial charge on any atom is -0.478 e. The molecule has 286 valence electrons. The summed E-state index contributed by atoms with van der Waals surface area (Å²) in [4.78, 5) is 13.8. The lowest BCUT2D eigenvalue weighted by atomic mass is 9.32. The van der Waals surface area contributed by atoms with Crippen molar-refractivity contribution < 1.29 is 18.3 Å². The van der Waals surface area contributed by atoms with Crippen molar-refractivity contribution in [2.45, 2.75) is 99.3 Å². The Morgan fingerprint density at radius 1 is 0.923 bits per heavy atom. The first-order valence-corrected chi connectivity index (χ1v) is 22.3. The van der Waals surface area contributed by atoms with Crippen LogP contribution >= 0.6 is 0 Å². The highest BCUT2D eigenvalue weighted by Crippen LogP contribution is 2.77. The van der Waals surface area contributed by atoms with Gasteiger partial charge < -0.3 is 10.4 Å². The van der Waals surface area contributed by atoms with Crippen molar-refractivity contribution in [3.05, 3.63) is 65.8 Å². The molecule has 6 nitrogen and oxygen atoms in total. The van der Waals surface area contributed by atoms with Gasteiger partial charge in [-0.2, -0.15) is 0 Å². The van der Waals surface area contributed by atoms with Gasteiger partial charge in [-0.25, -0.2) is 13.2 Å². The Kier molecular flexibility index (Phi) is 9.89. The van der Waals surface area contributed by atoms with Gasteiger partial charge in [-0.1, -0.05) is 77.1 Å². The van der Waals surface area contributed by atoms with Gasteiger partial charge in [0.2, 0.25) is 0 Å². The third-order valence-corrected chi connectivity index (χ3v) is 18.6. The van der Waals surface area contributed by atoms with Crippen LogP contribution in [0.15, 0.2) is 54.6 Å². The number of hydrogen-bond acceptors (Lipinski definition) is 5. The number of nitrogens with zero attached hydrogens (tertiary/aromatic N) is 1. The third kappa shape index (κ3) is 6.11. The number of rotatable bonds is 9. The molecule has 52 heavy (non-hydrogen) atoms. The molecule has 0 aromatic heterocycles. The second-order valence-corrected chi connectivity index (χ2v) is 21.8. The first-order valence-electron chi connectivity index (χ1n) is 20.5. The highest BCUT2D eigenvalue weighted by atomic mass is 32.2. The first kappa shape index (κ1) is 38.1. The molecule has 5 aliphatic carbocycles. The minimum atomic E-state index is -2.84. The smallest absolute Gasteiger partial charge is 0.335 e. The van der Waals surface area contributed by atoms with Crippen LogP contribution in [0.5, 0.6) is 0 Å². The number of hydrogen-bond donors (Lipinski definition) is 2. The highest BCUT2D eigenvalue weighted by Gasteiger charge is 2.70. The van der Waals surface area contributed by atoms with E-state index < -0.39 is 15.8 Å². The summed E-state index contributed by atoms with van der Waals surface area (Å²) in [7, 11) is -2.84. The molecule has 4 saturated carbocycles. The largest absolute Gasteiger partial charge is 0.478 e. The molecular formula is C45H66N2O4S. The summed E-state index contributed by atoms with van der Waals surface area (Å²) in [6.07, 6.45) is 18.5. The van der Waals surface area contributed by atoms with E-state index in [0.29, 0.717) is 58.6 Å². The summed E-state index contributed by atoms with van der Waals surface area (Å²) in [6.45, 7) is 24.0. The van der Waals surface area contributed by atoms with Gasteiger partial charge in [-0.3, -0.25) is 4.90 Å². The molecule has 7 rings (SSSR count). The van der Waals surface area contributed by atoms with E-state index >= 15 is 0 Å². The molecule has 2 N–H and O–H groups in total. The lowest BCUT2D eigenvalue weighted by Gasteiger charge is -2.72. The lowest BCUT2D eigenvalue weighted by Crippen LogP contribution is -2.65. The Morgan fingerprint density at radius 2 is 1.63 bits per heavy atom. The molecule has 1 aromatic carbocycles. The number of carboxylic acids is 1. The van der Waals surface area contributed by atoms with E-state index in [0.717, 1.165) is 32.0 Å². The highest BCUT2D eigenvalue weighted by molar-refractivity contribution is 7.91. The number of fused-ring (bicyclic) bond motifs is 7. The molecule has 0 bridgehead atoms. The number of aromatic carboxylic acids is 1. The molecule has 5 fully saturated rings. The van der Waals surface area contributed by atoms with Gasteiger partial charge >= 0.3 is 5.97 Å². The van der Waals surface area contributed by atoms with Crippen LogP contribution in [0.4, 0.5) is 0 Å². The van der Waals surface area contributed by atoms with E-state index in [1.54, 1.807) is 12.1 Å². The summed E-state index contributed by atoms with van der Waals surface area (Å²) in [5, 5.41) is 13.4. The van der Waals surface area contributed by atoms with E-state index in [2.05, 4.69) is 76.6 Å². The van der Waals surface area contributed by atoms with E-state index in [1.165, 1.54) is 68.1 Å². The Labute approximate surface area is 314 Å². The van der Waals surface area contributed by atoms with Crippen LogP contribution in [0.2, 0.25) is 0 Å². The van der Waals surface area contributed by atoms with Gasteiger partial charge in [0.1, 0.15) is 0 Å². The van der Waals surface area contributed by atoms with Gasteiger partial charge in [-0.05, 0) is 145 Å². The van der Waals surface area contributed by atoms with E-state index in [1.807, 2.05) is 12.1 Å². The standard InChI is InChI=1S/C45H66N2O4S/c1-31(2)34-16-21-45(30-46-24-8-9-25-47-26-28-52(50,51)29-27-47)23-22-43(6)36(39(34)45)14-15-38-42(5)19-17-35(32-10-12-33(13-11-32)40(48)49)41(3,4)37(42)18-20-44(38,43)7/h8-13,17,34,36-39,46H,1,14-16,18-30H2,2-7H3,(H,48,49). The van der Waals surface area contributed by atoms with Crippen molar-refractivity contribution in [1.82, 2.24) is 10.2 Å². The SMILES string of the molecule is C=C(C)C1CCC2(CNCC=CCN3CCS(=O)(=O)CC3)CCC3(C)C(CCC4C5(C)CC=C(c6ccc(C(=O)O)cc6)C(C)(C)C5CCC43C)C12. The topological polar surface area (TPSA) is 86.7 Å². The molecule has 0 radical (unpaired) electrons. The predicted octanol–water partition coefficient (Wildman–Crippen LogP) is 8.91. The maximum atomic E-state index is 11.8. The minimum absolute atomic E-state index is 0.0174.